The molecule has 1 fully saturated rings. The van der Waals surface area contributed by atoms with E-state index in [-0.39, 0.29) is 18.2 Å². The molecule has 3 heterocycles. The Morgan fingerprint density at radius 1 is 1.33 bits per heavy atom. The molecule has 33 heavy (non-hydrogen) atoms. The number of carbonyl (C=O) groups excluding carboxylic acids is 1. The lowest BCUT2D eigenvalue weighted by molar-refractivity contribution is -0.140. The zero-order chi connectivity index (χ0) is 23.4. The Morgan fingerprint density at radius 2 is 2.15 bits per heavy atom. The summed E-state index contributed by atoms with van der Waals surface area (Å²) in [6.45, 7) is 2.89. The van der Waals surface area contributed by atoms with Crippen molar-refractivity contribution < 1.29 is 19.4 Å². The molecule has 3 N–H and O–H groups in total. The van der Waals surface area contributed by atoms with Crippen molar-refractivity contribution in [1.82, 2.24) is 15.3 Å². The van der Waals surface area contributed by atoms with E-state index in [4.69, 9.17) is 4.74 Å². The summed E-state index contributed by atoms with van der Waals surface area (Å²) in [6.07, 6.45) is 9.08. The fourth-order valence-electron chi connectivity index (χ4n) is 4.57. The van der Waals surface area contributed by atoms with Crippen molar-refractivity contribution in [2.45, 2.75) is 45.1 Å². The highest BCUT2D eigenvalue weighted by atomic mass is 16.5. The van der Waals surface area contributed by atoms with Crippen molar-refractivity contribution in [2.75, 3.05) is 19.0 Å². The minimum Gasteiger partial charge on any atom is -0.481 e. The highest BCUT2D eigenvalue weighted by Crippen LogP contribution is 2.46. The molecule has 174 valence electrons. The predicted molar refractivity (Wildman–Crippen MR) is 125 cm³/mol. The van der Waals surface area contributed by atoms with Gasteiger partial charge in [-0.05, 0) is 54.9 Å². The molecule has 1 unspecified atom stereocenters. The Kier molecular flexibility index (Phi) is 6.62. The summed E-state index contributed by atoms with van der Waals surface area (Å²) < 4.78 is 5.06. The lowest BCUT2D eigenvalue weighted by Gasteiger charge is -2.43. The van der Waals surface area contributed by atoms with E-state index in [1.54, 1.807) is 18.3 Å². The van der Waals surface area contributed by atoms with Crippen molar-refractivity contribution in [1.29, 1.82) is 0 Å². The van der Waals surface area contributed by atoms with Crippen LogP contribution in [0.25, 0.3) is 6.08 Å². The van der Waals surface area contributed by atoms with Gasteiger partial charge in [-0.3, -0.25) is 9.59 Å². The minimum atomic E-state index is -0.984. The van der Waals surface area contributed by atoms with Crippen LogP contribution in [0.2, 0.25) is 0 Å². The number of methoxy groups -OCH3 is 1. The van der Waals surface area contributed by atoms with Gasteiger partial charge >= 0.3 is 5.97 Å². The van der Waals surface area contributed by atoms with Crippen LogP contribution < -0.4 is 15.4 Å². The summed E-state index contributed by atoms with van der Waals surface area (Å²) >= 11 is 0. The molecule has 2 aromatic rings. The number of fused-ring (bicyclic) bond motifs is 1. The summed E-state index contributed by atoms with van der Waals surface area (Å²) in [6, 6.07) is 6.91. The van der Waals surface area contributed by atoms with Gasteiger partial charge in [0.2, 0.25) is 11.8 Å². The number of nitrogens with one attached hydrogen (secondary N) is 2. The van der Waals surface area contributed by atoms with Crippen molar-refractivity contribution in [3.05, 3.63) is 53.4 Å². The average molecular weight is 451 g/mol. The highest BCUT2D eigenvalue weighted by Gasteiger charge is 2.45. The van der Waals surface area contributed by atoms with E-state index >= 15 is 0 Å². The third-order valence-electron chi connectivity index (χ3n) is 6.48. The van der Waals surface area contributed by atoms with Crippen molar-refractivity contribution >= 4 is 23.8 Å². The highest BCUT2D eigenvalue weighted by molar-refractivity contribution is 5.84. The molecule has 2 aliphatic rings. The number of carboxylic acids is 1. The normalized spacial score (nSPS) is 22.5. The van der Waals surface area contributed by atoms with E-state index in [2.05, 4.69) is 32.7 Å². The van der Waals surface area contributed by atoms with Gasteiger partial charge in [-0.15, -0.1) is 0 Å². The number of aliphatic carboxylic acids is 1. The molecule has 1 saturated carbocycles. The smallest absolute Gasteiger partial charge is 0.305 e. The first-order valence-corrected chi connectivity index (χ1v) is 11.3. The van der Waals surface area contributed by atoms with Crippen molar-refractivity contribution in [3.8, 4) is 5.88 Å². The van der Waals surface area contributed by atoms with Gasteiger partial charge in [0.15, 0.2) is 0 Å². The van der Waals surface area contributed by atoms with Gasteiger partial charge < -0.3 is 20.5 Å². The van der Waals surface area contributed by atoms with Crippen molar-refractivity contribution in [3.63, 3.8) is 0 Å². The molecule has 1 atom stereocenters. The Bertz CT molecular complexity index is 1040. The maximum Gasteiger partial charge on any atom is 0.305 e. The third kappa shape index (κ3) is 5.32. The maximum absolute atomic E-state index is 13.0. The van der Waals surface area contributed by atoms with Crippen LogP contribution in [0, 0.1) is 11.3 Å². The van der Waals surface area contributed by atoms with Crippen LogP contribution in [0.1, 0.15) is 55.5 Å². The van der Waals surface area contributed by atoms with Gasteiger partial charge in [-0.1, -0.05) is 25.1 Å². The average Bonchev–Trinajstić information content (AvgIpc) is 2.80. The molecule has 0 bridgehead atoms. The molecule has 0 spiro atoms. The van der Waals surface area contributed by atoms with Crippen LogP contribution in [-0.2, 0) is 16.0 Å². The van der Waals surface area contributed by atoms with Crippen LogP contribution >= 0.6 is 0 Å². The quantitative estimate of drug-likeness (QED) is 0.563. The number of ether oxygens (including phenoxy) is 1. The molecule has 2 aromatic heterocycles. The number of pyridine rings is 2. The molecule has 0 radical (unpaired) electrons. The third-order valence-corrected chi connectivity index (χ3v) is 6.48. The fourth-order valence-corrected chi connectivity index (χ4v) is 4.57. The molecule has 0 saturated heterocycles. The summed E-state index contributed by atoms with van der Waals surface area (Å²) in [5.41, 5.74) is 2.28. The number of amides is 1. The van der Waals surface area contributed by atoms with Crippen molar-refractivity contribution in [2.24, 2.45) is 11.3 Å². The summed E-state index contributed by atoms with van der Waals surface area (Å²) in [4.78, 5) is 33.2. The number of carbonyl (C=O) groups is 2. The molecular formula is C25H30N4O4. The fraction of sp³-hybridized carbons (Fsp3) is 0.440. The molecule has 4 rings (SSSR count). The number of hydrogen-bond acceptors (Lipinski definition) is 6. The molecular weight excluding hydrogens is 420 g/mol. The zero-order valence-corrected chi connectivity index (χ0v) is 19.0. The number of allylic oxidation sites excluding steroid dienone is 1. The first-order valence-electron chi connectivity index (χ1n) is 11.3. The molecule has 0 aromatic carbocycles. The number of carboxylic acid groups (broad SMARTS) is 1. The van der Waals surface area contributed by atoms with E-state index < -0.39 is 17.4 Å². The number of rotatable bonds is 8. The van der Waals surface area contributed by atoms with Gasteiger partial charge in [-0.2, -0.15) is 0 Å². The number of anilines is 1. The second kappa shape index (κ2) is 9.60. The van der Waals surface area contributed by atoms with E-state index in [9.17, 15) is 14.7 Å². The first kappa shape index (κ1) is 22.8. The lowest BCUT2D eigenvalue weighted by Crippen LogP contribution is -2.48. The van der Waals surface area contributed by atoms with Gasteiger partial charge in [0.1, 0.15) is 5.82 Å². The van der Waals surface area contributed by atoms with Gasteiger partial charge in [-0.25, -0.2) is 9.97 Å². The van der Waals surface area contributed by atoms with E-state index in [0.29, 0.717) is 24.3 Å². The summed E-state index contributed by atoms with van der Waals surface area (Å²) in [5, 5.41) is 15.6. The zero-order valence-electron chi connectivity index (χ0n) is 19.0. The second-order valence-electron chi connectivity index (χ2n) is 9.12. The van der Waals surface area contributed by atoms with Crippen LogP contribution in [0.4, 0.5) is 5.82 Å². The Labute approximate surface area is 193 Å². The van der Waals surface area contributed by atoms with Gasteiger partial charge in [0, 0.05) is 24.2 Å². The summed E-state index contributed by atoms with van der Waals surface area (Å²) in [5.74, 6) is 0.572. The Balaban J connectivity index is 1.36. The minimum absolute atomic E-state index is 0.134. The molecule has 8 nitrogen and oxygen atoms in total. The molecule has 8 heteroatoms. The maximum atomic E-state index is 13.0. The van der Waals surface area contributed by atoms with Crippen LogP contribution in [0.15, 0.2) is 36.5 Å². The molecule has 1 aliphatic carbocycles. The van der Waals surface area contributed by atoms with Gasteiger partial charge in [0.25, 0.3) is 0 Å². The number of aryl methyl sites for hydroxylation is 1. The Morgan fingerprint density at radius 3 is 2.85 bits per heavy atom. The topological polar surface area (TPSA) is 113 Å². The number of nitrogens with zero attached hydrogens (tertiary/aromatic N) is 2. The molecule has 1 aliphatic heterocycles. The number of aromatic nitrogens is 2. The van der Waals surface area contributed by atoms with Crippen LogP contribution in [0.3, 0.4) is 0 Å². The van der Waals surface area contributed by atoms with Crippen LogP contribution in [-0.4, -0.2) is 40.6 Å². The van der Waals surface area contributed by atoms with Crippen LogP contribution in [0.5, 0.6) is 5.88 Å². The Hall–Kier alpha value is -3.42. The largest absolute Gasteiger partial charge is 0.481 e. The van der Waals surface area contributed by atoms with E-state index in [1.165, 1.54) is 12.7 Å². The van der Waals surface area contributed by atoms with E-state index in [1.807, 2.05) is 19.1 Å². The monoisotopic (exact) mass is 450 g/mol. The second-order valence-corrected chi connectivity index (χ2v) is 9.12. The molecule has 1 amide bonds. The summed E-state index contributed by atoms with van der Waals surface area (Å²) in [7, 11) is 1.51. The standard InChI is InChI=1S/C25H30N4O4/c1-25(24(32)29-20(12-22(30)31)18-7-10-21(33-2)27-15-18)13-16(14-25)5-8-19-9-6-17-4-3-11-26-23(17)28-19/h5-10,15-16,20H,3-4,11-14H2,1-2H3,(H,26,28)(H,29,32)(H,30,31). The van der Waals surface area contributed by atoms with Gasteiger partial charge in [0.05, 0.1) is 25.3 Å². The van der Waals surface area contributed by atoms with E-state index in [0.717, 1.165) is 30.9 Å². The predicted octanol–water partition coefficient (Wildman–Crippen LogP) is 3.61. The number of hydrogen-bond donors (Lipinski definition) is 3. The first-order chi connectivity index (χ1) is 15.9. The SMILES string of the molecule is COc1ccc(C(CC(=O)O)NC(=O)C2(C)CC(C=Cc3ccc4c(n3)NCCC4)C2)cn1. The lowest BCUT2D eigenvalue weighted by atomic mass is 9.62.